The zero-order chi connectivity index (χ0) is 20.2. The number of hydrogen-bond acceptors (Lipinski definition) is 5. The third-order valence-electron chi connectivity index (χ3n) is 3.77. The molecule has 0 aliphatic rings. The summed E-state index contributed by atoms with van der Waals surface area (Å²) in [6.07, 6.45) is 1.43. The molecule has 1 unspecified atom stereocenters. The molecule has 0 aliphatic heterocycles. The van der Waals surface area contributed by atoms with Crippen molar-refractivity contribution in [1.29, 1.82) is 0 Å². The molecule has 0 saturated heterocycles. The maximum Gasteiger partial charge on any atom is 0.218 e. The lowest BCUT2D eigenvalue weighted by Crippen LogP contribution is -2.41. The van der Waals surface area contributed by atoms with Crippen LogP contribution >= 0.6 is 0 Å². The van der Waals surface area contributed by atoms with Gasteiger partial charge in [-0.05, 0) is 25.1 Å². The third kappa shape index (κ3) is 7.03. The van der Waals surface area contributed by atoms with E-state index in [0.29, 0.717) is 38.1 Å². The van der Waals surface area contributed by atoms with Gasteiger partial charge in [0.05, 0.1) is 13.2 Å². The predicted molar refractivity (Wildman–Crippen MR) is 106 cm³/mol. The summed E-state index contributed by atoms with van der Waals surface area (Å²) >= 11 is 0. The Morgan fingerprint density at radius 1 is 1.18 bits per heavy atom. The maximum absolute atomic E-state index is 13.7. The molecule has 0 spiro atoms. The largest absolute Gasteiger partial charge is 0.486 e. The fourth-order valence-electron chi connectivity index (χ4n) is 2.35. The lowest BCUT2D eigenvalue weighted by atomic mass is 10.2. The standard InChI is InChI=1S/C20H27FN4O3/c1-15(28-18-9-5-4-8-17(18)21)13-24-20(22-2)25-14-16-7-6-10-23-19(16)27-12-11-26-3/h4-10,15H,11-14H2,1-3H3,(H2,22,24,25). The quantitative estimate of drug-likeness (QED) is 0.369. The lowest BCUT2D eigenvalue weighted by molar-refractivity contribution is 0.143. The highest BCUT2D eigenvalue weighted by Crippen LogP contribution is 2.17. The summed E-state index contributed by atoms with van der Waals surface area (Å²) in [5, 5.41) is 6.37. The number of guanidine groups is 1. The molecule has 2 N–H and O–H groups in total. The van der Waals surface area contributed by atoms with Gasteiger partial charge in [0.2, 0.25) is 5.88 Å². The van der Waals surface area contributed by atoms with Crippen molar-refractivity contribution in [3.8, 4) is 11.6 Å². The fraction of sp³-hybridized carbons (Fsp3) is 0.400. The fourth-order valence-corrected chi connectivity index (χ4v) is 2.35. The Balaban J connectivity index is 1.82. The highest BCUT2D eigenvalue weighted by atomic mass is 19.1. The van der Waals surface area contributed by atoms with E-state index in [4.69, 9.17) is 14.2 Å². The Kier molecular flexibility index (Phi) is 9.00. The number of aromatic nitrogens is 1. The summed E-state index contributed by atoms with van der Waals surface area (Å²) < 4.78 is 29.9. The van der Waals surface area contributed by atoms with Crippen molar-refractivity contribution in [1.82, 2.24) is 15.6 Å². The van der Waals surface area contributed by atoms with Crippen LogP contribution in [-0.2, 0) is 11.3 Å². The van der Waals surface area contributed by atoms with Crippen LogP contribution < -0.4 is 20.1 Å². The molecule has 1 atom stereocenters. The summed E-state index contributed by atoms with van der Waals surface area (Å²) in [4.78, 5) is 8.44. The number of benzene rings is 1. The Bertz CT molecular complexity index is 758. The number of rotatable bonds is 10. The summed E-state index contributed by atoms with van der Waals surface area (Å²) in [5.74, 6) is 0.997. The van der Waals surface area contributed by atoms with Gasteiger partial charge in [-0.15, -0.1) is 0 Å². The van der Waals surface area contributed by atoms with Crippen molar-refractivity contribution < 1.29 is 18.6 Å². The zero-order valence-electron chi connectivity index (χ0n) is 16.4. The number of pyridine rings is 1. The Labute approximate surface area is 164 Å². The minimum Gasteiger partial charge on any atom is -0.486 e. The van der Waals surface area contributed by atoms with Crippen molar-refractivity contribution in [3.05, 3.63) is 54.0 Å². The first-order chi connectivity index (χ1) is 13.6. The number of ether oxygens (including phenoxy) is 3. The second-order valence-corrected chi connectivity index (χ2v) is 5.97. The van der Waals surface area contributed by atoms with Crippen molar-refractivity contribution in [3.63, 3.8) is 0 Å². The molecule has 1 aromatic heterocycles. The second-order valence-electron chi connectivity index (χ2n) is 5.97. The van der Waals surface area contributed by atoms with Gasteiger partial charge >= 0.3 is 0 Å². The molecule has 1 aromatic carbocycles. The molecule has 0 amide bonds. The van der Waals surface area contributed by atoms with Gasteiger partial charge in [0, 0.05) is 32.5 Å². The van der Waals surface area contributed by atoms with E-state index in [0.717, 1.165) is 5.56 Å². The molecule has 0 saturated carbocycles. The van der Waals surface area contributed by atoms with Crippen molar-refractivity contribution >= 4 is 5.96 Å². The number of para-hydroxylation sites is 1. The van der Waals surface area contributed by atoms with Gasteiger partial charge in [-0.25, -0.2) is 9.37 Å². The molecule has 8 heteroatoms. The molecule has 1 heterocycles. The summed E-state index contributed by atoms with van der Waals surface area (Å²) in [7, 11) is 3.30. The van der Waals surface area contributed by atoms with E-state index in [1.807, 2.05) is 19.1 Å². The van der Waals surface area contributed by atoms with Crippen LogP contribution in [0, 0.1) is 5.82 Å². The van der Waals surface area contributed by atoms with Gasteiger partial charge in [-0.2, -0.15) is 0 Å². The van der Waals surface area contributed by atoms with E-state index in [-0.39, 0.29) is 17.7 Å². The van der Waals surface area contributed by atoms with E-state index in [1.54, 1.807) is 38.6 Å². The zero-order valence-corrected chi connectivity index (χ0v) is 16.4. The van der Waals surface area contributed by atoms with E-state index in [2.05, 4.69) is 20.6 Å². The van der Waals surface area contributed by atoms with Gasteiger partial charge in [0.25, 0.3) is 0 Å². The molecule has 2 aromatic rings. The van der Waals surface area contributed by atoms with Gasteiger partial charge < -0.3 is 24.8 Å². The first-order valence-corrected chi connectivity index (χ1v) is 9.05. The lowest BCUT2D eigenvalue weighted by Gasteiger charge is -2.18. The molecule has 28 heavy (non-hydrogen) atoms. The highest BCUT2D eigenvalue weighted by molar-refractivity contribution is 5.79. The van der Waals surface area contributed by atoms with Gasteiger partial charge in [-0.3, -0.25) is 4.99 Å². The van der Waals surface area contributed by atoms with E-state index in [1.165, 1.54) is 6.07 Å². The van der Waals surface area contributed by atoms with Crippen LogP contribution in [0.1, 0.15) is 12.5 Å². The Morgan fingerprint density at radius 3 is 2.75 bits per heavy atom. The molecule has 0 aliphatic carbocycles. The predicted octanol–water partition coefficient (Wildman–Crippen LogP) is 2.38. The topological polar surface area (TPSA) is 77.0 Å². The molecular formula is C20H27FN4O3. The van der Waals surface area contributed by atoms with Gasteiger partial charge in [0.1, 0.15) is 12.7 Å². The third-order valence-corrected chi connectivity index (χ3v) is 3.77. The van der Waals surface area contributed by atoms with Crippen LogP contribution in [0.2, 0.25) is 0 Å². The molecule has 152 valence electrons. The van der Waals surface area contributed by atoms with Crippen LogP contribution in [0.5, 0.6) is 11.6 Å². The van der Waals surface area contributed by atoms with Crippen molar-refractivity contribution in [2.45, 2.75) is 19.6 Å². The van der Waals surface area contributed by atoms with Gasteiger partial charge in [0.15, 0.2) is 17.5 Å². The molecule has 7 nitrogen and oxygen atoms in total. The average molecular weight is 390 g/mol. The normalized spacial score (nSPS) is 12.4. The monoisotopic (exact) mass is 390 g/mol. The van der Waals surface area contributed by atoms with E-state index < -0.39 is 0 Å². The van der Waals surface area contributed by atoms with Crippen LogP contribution in [-0.4, -0.2) is 51.0 Å². The number of hydrogen-bond donors (Lipinski definition) is 2. The average Bonchev–Trinajstić information content (AvgIpc) is 2.71. The second kappa shape index (κ2) is 11.8. The van der Waals surface area contributed by atoms with Crippen LogP contribution in [0.3, 0.4) is 0 Å². The summed E-state index contributed by atoms with van der Waals surface area (Å²) in [6.45, 7) is 3.72. The molecule has 0 radical (unpaired) electrons. The molecule has 0 fully saturated rings. The minimum atomic E-state index is -0.380. The number of halogens is 1. The number of nitrogens with one attached hydrogen (secondary N) is 2. The minimum absolute atomic E-state index is 0.230. The number of aliphatic imine (C=N–C) groups is 1. The van der Waals surface area contributed by atoms with Crippen LogP contribution in [0.25, 0.3) is 0 Å². The Morgan fingerprint density at radius 2 is 2.00 bits per heavy atom. The van der Waals surface area contributed by atoms with Crippen LogP contribution in [0.4, 0.5) is 4.39 Å². The summed E-state index contributed by atoms with van der Waals surface area (Å²) in [6, 6.07) is 10.1. The smallest absolute Gasteiger partial charge is 0.218 e. The van der Waals surface area contributed by atoms with Gasteiger partial charge in [-0.1, -0.05) is 18.2 Å². The van der Waals surface area contributed by atoms with Crippen LogP contribution in [0.15, 0.2) is 47.6 Å². The molecule has 2 rings (SSSR count). The summed E-state index contributed by atoms with van der Waals surface area (Å²) in [5.41, 5.74) is 0.900. The van der Waals surface area contributed by atoms with E-state index in [9.17, 15) is 4.39 Å². The molecular weight excluding hydrogens is 363 g/mol. The molecule has 0 bridgehead atoms. The SMILES string of the molecule is CN=C(NCc1cccnc1OCCOC)NCC(C)Oc1ccccc1F. The highest BCUT2D eigenvalue weighted by Gasteiger charge is 2.10. The first-order valence-electron chi connectivity index (χ1n) is 9.05. The maximum atomic E-state index is 13.7. The number of methoxy groups -OCH3 is 1. The van der Waals surface area contributed by atoms with E-state index >= 15 is 0 Å². The van der Waals surface area contributed by atoms with Crippen molar-refractivity contribution in [2.24, 2.45) is 4.99 Å². The first kappa shape index (κ1) is 21.4. The number of nitrogens with zero attached hydrogens (tertiary/aromatic N) is 2. The Hall–Kier alpha value is -2.87. The van der Waals surface area contributed by atoms with Crippen molar-refractivity contribution in [2.75, 3.05) is 33.9 Å².